The molecule has 3 rings (SSSR count). The number of allylic oxidation sites excluding steroid dienone is 1. The van der Waals surface area contributed by atoms with Gasteiger partial charge >= 0.3 is 0 Å². The van der Waals surface area contributed by atoms with Gasteiger partial charge in [-0.05, 0) is 42.9 Å². The number of hydrogen-bond acceptors (Lipinski definition) is 1. The average molecular weight is 192 g/mol. The molecule has 5 atom stereocenters. The molecule has 78 valence electrons. The second-order valence-corrected chi connectivity index (χ2v) is 5.92. The molecule has 0 unspecified atom stereocenters. The summed E-state index contributed by atoms with van der Waals surface area (Å²) in [5.74, 6) is 1.60. The molecular weight excluding hydrogens is 172 g/mol. The fourth-order valence-corrected chi connectivity index (χ4v) is 4.72. The molecule has 0 aromatic carbocycles. The molecule has 0 radical (unpaired) electrons. The Kier molecular flexibility index (Phi) is 1.56. The molecule has 0 amide bonds. The summed E-state index contributed by atoms with van der Waals surface area (Å²) >= 11 is 0. The van der Waals surface area contributed by atoms with Gasteiger partial charge in [0.25, 0.3) is 0 Å². The van der Waals surface area contributed by atoms with Crippen molar-refractivity contribution in [2.24, 2.45) is 22.7 Å². The normalized spacial score (nSPS) is 60.4. The smallest absolute Gasteiger partial charge is 0.0788 e. The number of hydrogen-bond donors (Lipinski definition) is 1. The fraction of sp³-hybridized carbons (Fsp3) is 0.846. The lowest BCUT2D eigenvalue weighted by atomic mass is 9.64. The molecule has 3 aliphatic rings. The summed E-state index contributed by atoms with van der Waals surface area (Å²) in [7, 11) is 0. The third kappa shape index (κ3) is 0.735. The molecule has 1 N–H and O–H groups in total. The maximum atomic E-state index is 10.3. The van der Waals surface area contributed by atoms with Gasteiger partial charge in [0.15, 0.2) is 0 Å². The lowest BCUT2D eigenvalue weighted by Gasteiger charge is -2.41. The topological polar surface area (TPSA) is 20.2 Å². The zero-order valence-corrected chi connectivity index (χ0v) is 9.16. The summed E-state index contributed by atoms with van der Waals surface area (Å²) in [6.45, 7) is 4.73. The zero-order chi connectivity index (χ0) is 9.97. The van der Waals surface area contributed by atoms with Gasteiger partial charge in [0.1, 0.15) is 0 Å². The Balaban J connectivity index is 2.09. The molecule has 1 spiro atoms. The van der Waals surface area contributed by atoms with E-state index in [4.69, 9.17) is 0 Å². The van der Waals surface area contributed by atoms with E-state index in [9.17, 15) is 5.11 Å². The van der Waals surface area contributed by atoms with Gasteiger partial charge < -0.3 is 5.11 Å². The van der Waals surface area contributed by atoms with Crippen LogP contribution < -0.4 is 0 Å². The van der Waals surface area contributed by atoms with Crippen LogP contribution in [0.3, 0.4) is 0 Å². The highest BCUT2D eigenvalue weighted by atomic mass is 16.3. The van der Waals surface area contributed by atoms with Gasteiger partial charge in [-0.1, -0.05) is 26.0 Å². The van der Waals surface area contributed by atoms with E-state index >= 15 is 0 Å². The first-order valence-electron chi connectivity index (χ1n) is 5.98. The molecule has 0 aliphatic heterocycles. The standard InChI is InChI=1S/C13H20O/c1-9-3-8-13-10(9)4-6-12(13,2)7-5-11(13)14/h5,7,9-11,14H,3-4,6,8H2,1-2H3/t9-,10+,11+,12+,13-/m1/s1. The van der Waals surface area contributed by atoms with E-state index in [1.54, 1.807) is 0 Å². The Labute approximate surface area is 86.2 Å². The third-order valence-electron chi connectivity index (χ3n) is 5.57. The number of aliphatic hydroxyl groups excluding tert-OH is 1. The van der Waals surface area contributed by atoms with E-state index in [0.29, 0.717) is 5.41 Å². The van der Waals surface area contributed by atoms with Crippen LogP contribution in [0.1, 0.15) is 39.5 Å². The van der Waals surface area contributed by atoms with Crippen molar-refractivity contribution in [1.82, 2.24) is 0 Å². The Morgan fingerprint density at radius 2 is 2.07 bits per heavy atom. The summed E-state index contributed by atoms with van der Waals surface area (Å²) in [5.41, 5.74) is 0.536. The molecule has 0 aromatic rings. The minimum Gasteiger partial charge on any atom is -0.388 e. The van der Waals surface area contributed by atoms with Crippen LogP contribution in [0.25, 0.3) is 0 Å². The molecule has 1 nitrogen and oxygen atoms in total. The molecule has 3 aliphatic carbocycles. The van der Waals surface area contributed by atoms with Crippen LogP contribution in [0, 0.1) is 22.7 Å². The summed E-state index contributed by atoms with van der Waals surface area (Å²) in [6.07, 6.45) is 9.38. The zero-order valence-electron chi connectivity index (χ0n) is 9.16. The number of aliphatic hydroxyl groups is 1. The largest absolute Gasteiger partial charge is 0.388 e. The highest BCUT2D eigenvalue weighted by Gasteiger charge is 2.65. The minimum absolute atomic E-state index is 0.162. The molecule has 0 saturated heterocycles. The Bertz CT molecular complexity index is 296. The molecule has 0 heterocycles. The molecule has 0 aromatic heterocycles. The number of rotatable bonds is 0. The fourth-order valence-electron chi connectivity index (χ4n) is 4.72. The van der Waals surface area contributed by atoms with Crippen LogP contribution in [0.4, 0.5) is 0 Å². The molecular formula is C13H20O. The Morgan fingerprint density at radius 1 is 1.29 bits per heavy atom. The van der Waals surface area contributed by atoms with E-state index in [2.05, 4.69) is 26.0 Å². The summed E-state index contributed by atoms with van der Waals surface area (Å²) < 4.78 is 0. The van der Waals surface area contributed by atoms with Gasteiger partial charge in [-0.3, -0.25) is 0 Å². The van der Waals surface area contributed by atoms with Crippen molar-refractivity contribution in [3.8, 4) is 0 Å². The van der Waals surface area contributed by atoms with Crippen molar-refractivity contribution >= 4 is 0 Å². The van der Waals surface area contributed by atoms with Gasteiger partial charge in [-0.25, -0.2) is 0 Å². The van der Waals surface area contributed by atoms with Crippen molar-refractivity contribution in [2.45, 2.75) is 45.6 Å². The highest BCUT2D eigenvalue weighted by molar-refractivity contribution is 5.27. The molecule has 14 heavy (non-hydrogen) atoms. The van der Waals surface area contributed by atoms with Crippen molar-refractivity contribution in [3.05, 3.63) is 12.2 Å². The first-order chi connectivity index (χ1) is 6.60. The summed E-state index contributed by atoms with van der Waals surface area (Å²) in [5, 5.41) is 10.3. The average Bonchev–Trinajstić information content (AvgIpc) is 2.70. The Morgan fingerprint density at radius 3 is 2.86 bits per heavy atom. The van der Waals surface area contributed by atoms with E-state index in [1.807, 2.05) is 0 Å². The molecule has 0 bridgehead atoms. The summed E-state index contributed by atoms with van der Waals surface area (Å²) in [4.78, 5) is 0. The van der Waals surface area contributed by atoms with Gasteiger partial charge in [0, 0.05) is 5.41 Å². The monoisotopic (exact) mass is 192 g/mol. The maximum absolute atomic E-state index is 10.3. The van der Waals surface area contributed by atoms with Crippen LogP contribution in [0.2, 0.25) is 0 Å². The predicted molar refractivity (Wildman–Crippen MR) is 56.8 cm³/mol. The van der Waals surface area contributed by atoms with Crippen LogP contribution in [-0.2, 0) is 0 Å². The third-order valence-corrected chi connectivity index (χ3v) is 5.57. The van der Waals surface area contributed by atoms with Crippen LogP contribution in [0.15, 0.2) is 12.2 Å². The van der Waals surface area contributed by atoms with E-state index in [-0.39, 0.29) is 11.5 Å². The lowest BCUT2D eigenvalue weighted by Crippen LogP contribution is -2.41. The van der Waals surface area contributed by atoms with Gasteiger partial charge in [-0.15, -0.1) is 0 Å². The van der Waals surface area contributed by atoms with E-state index in [0.717, 1.165) is 11.8 Å². The van der Waals surface area contributed by atoms with E-state index in [1.165, 1.54) is 25.7 Å². The van der Waals surface area contributed by atoms with Crippen molar-refractivity contribution in [3.63, 3.8) is 0 Å². The quantitative estimate of drug-likeness (QED) is 0.585. The predicted octanol–water partition coefficient (Wildman–Crippen LogP) is 2.75. The highest BCUT2D eigenvalue weighted by Crippen LogP contribution is 2.69. The van der Waals surface area contributed by atoms with Crippen molar-refractivity contribution in [2.75, 3.05) is 0 Å². The SMILES string of the molecule is C[C@@H]1CC[C@@]23[C@@H](O)C=C[C@]2(C)CC[C@@H]13. The molecule has 2 saturated carbocycles. The van der Waals surface area contributed by atoms with Crippen molar-refractivity contribution in [1.29, 1.82) is 0 Å². The van der Waals surface area contributed by atoms with Gasteiger partial charge in [0.05, 0.1) is 6.10 Å². The van der Waals surface area contributed by atoms with Crippen LogP contribution >= 0.6 is 0 Å². The second kappa shape index (κ2) is 2.44. The lowest BCUT2D eigenvalue weighted by molar-refractivity contribution is -0.00490. The van der Waals surface area contributed by atoms with E-state index < -0.39 is 0 Å². The minimum atomic E-state index is -0.162. The first kappa shape index (κ1) is 8.96. The molecule has 1 heteroatoms. The van der Waals surface area contributed by atoms with Gasteiger partial charge in [0.2, 0.25) is 0 Å². The Hall–Kier alpha value is -0.300. The summed E-state index contributed by atoms with van der Waals surface area (Å²) in [6, 6.07) is 0. The second-order valence-electron chi connectivity index (χ2n) is 5.92. The van der Waals surface area contributed by atoms with Crippen LogP contribution in [-0.4, -0.2) is 11.2 Å². The first-order valence-corrected chi connectivity index (χ1v) is 5.98. The molecule has 2 fully saturated rings. The van der Waals surface area contributed by atoms with Crippen LogP contribution in [0.5, 0.6) is 0 Å². The van der Waals surface area contributed by atoms with Crippen molar-refractivity contribution < 1.29 is 5.11 Å². The maximum Gasteiger partial charge on any atom is 0.0788 e. The van der Waals surface area contributed by atoms with Gasteiger partial charge in [-0.2, -0.15) is 0 Å².